The zero-order valence-corrected chi connectivity index (χ0v) is 14.6. The highest BCUT2D eigenvalue weighted by atomic mass is 16.4. The van der Waals surface area contributed by atoms with Gasteiger partial charge in [0.05, 0.1) is 45.1 Å². The first kappa shape index (κ1) is 31.0. The van der Waals surface area contributed by atoms with Crippen LogP contribution in [0.4, 0.5) is 0 Å². The van der Waals surface area contributed by atoms with Gasteiger partial charge in [-0.3, -0.25) is 0 Å². The molecule has 0 aromatic heterocycles. The normalized spacial score (nSPS) is 9.12. The van der Waals surface area contributed by atoms with Gasteiger partial charge in [-0.05, 0) is 13.8 Å². The molecule has 8 N–H and O–H groups in total. The largest absolute Gasteiger partial charge is 0.478 e. The first-order chi connectivity index (χ1) is 11.4. The van der Waals surface area contributed by atoms with Crippen molar-refractivity contribution in [2.24, 2.45) is 5.41 Å². The molecule has 0 radical (unpaired) electrons. The Bertz CT molecular complexity index is 307. The second-order valence-electron chi connectivity index (χ2n) is 4.75. The van der Waals surface area contributed by atoms with Crippen molar-refractivity contribution in [3.8, 4) is 0 Å². The molecule has 0 rings (SSSR count). The highest BCUT2D eigenvalue weighted by molar-refractivity contribution is 5.85. The monoisotopic (exact) mass is 370 g/mol. The molecule has 0 heterocycles. The Morgan fingerprint density at radius 3 is 0.840 bits per heavy atom. The Morgan fingerprint density at radius 2 is 0.840 bits per heavy atom. The summed E-state index contributed by atoms with van der Waals surface area (Å²) < 4.78 is 0. The third-order valence-corrected chi connectivity index (χ3v) is 2.17. The molecule has 0 aliphatic rings. The average Bonchev–Trinajstić information content (AvgIpc) is 2.58. The SMILES string of the molecule is C=C(C)C(=O)O.C=C(C)C(=O)O.OCC(CO)(CO)CO.OCCO. The van der Waals surface area contributed by atoms with Gasteiger partial charge >= 0.3 is 11.9 Å². The molecule has 150 valence electrons. The van der Waals surface area contributed by atoms with Gasteiger partial charge in [0.15, 0.2) is 0 Å². The number of aliphatic hydroxyl groups excluding tert-OH is 6. The highest BCUT2D eigenvalue weighted by Gasteiger charge is 2.26. The standard InChI is InChI=1S/C5H12O4.2C4H6O2.C2H6O2/c6-1-5(2-7,3-8)4-9;2*1-3(2)4(5)6;3-1-2-4/h6-9H,1-4H2;2*1H2,2H3,(H,5,6);3-4H,1-2H2. The lowest BCUT2D eigenvalue weighted by molar-refractivity contribution is -0.133. The minimum Gasteiger partial charge on any atom is -0.478 e. The summed E-state index contributed by atoms with van der Waals surface area (Å²) in [6, 6.07) is 0. The molecule has 25 heavy (non-hydrogen) atoms. The first-order valence-electron chi connectivity index (χ1n) is 6.87. The Kier molecular flexibility index (Phi) is 25.1. The van der Waals surface area contributed by atoms with E-state index in [4.69, 9.17) is 40.9 Å². The second kappa shape index (κ2) is 20.2. The van der Waals surface area contributed by atoms with Crippen LogP contribution in [-0.2, 0) is 9.59 Å². The van der Waals surface area contributed by atoms with Gasteiger partial charge in [-0.25, -0.2) is 9.59 Å². The smallest absolute Gasteiger partial charge is 0.330 e. The Labute approximate surface area is 146 Å². The molecule has 0 saturated carbocycles. The van der Waals surface area contributed by atoms with Crippen LogP contribution in [0.1, 0.15) is 13.8 Å². The van der Waals surface area contributed by atoms with E-state index >= 15 is 0 Å². The molecule has 0 amide bonds. The molecule has 0 bridgehead atoms. The molecule has 0 aromatic carbocycles. The van der Waals surface area contributed by atoms with Crippen LogP contribution in [-0.4, -0.2) is 92.4 Å². The summed E-state index contributed by atoms with van der Waals surface area (Å²) in [5.41, 5.74) is -0.759. The topological polar surface area (TPSA) is 196 Å². The minimum absolute atomic E-state index is 0.125. The third kappa shape index (κ3) is 24.6. The Balaban J connectivity index is -0.000000123. The van der Waals surface area contributed by atoms with Gasteiger partial charge in [0.1, 0.15) is 0 Å². The molecule has 0 saturated heterocycles. The van der Waals surface area contributed by atoms with E-state index in [1.54, 1.807) is 0 Å². The van der Waals surface area contributed by atoms with E-state index in [1.165, 1.54) is 13.8 Å². The first-order valence-corrected chi connectivity index (χ1v) is 6.87. The van der Waals surface area contributed by atoms with Crippen molar-refractivity contribution in [3.63, 3.8) is 0 Å². The van der Waals surface area contributed by atoms with Crippen molar-refractivity contribution in [2.75, 3.05) is 39.6 Å². The summed E-state index contributed by atoms with van der Waals surface area (Å²) in [6.07, 6.45) is 0. The Hall–Kier alpha value is -1.82. The molecule has 0 aliphatic carbocycles. The van der Waals surface area contributed by atoms with E-state index < -0.39 is 43.8 Å². The van der Waals surface area contributed by atoms with Crippen LogP contribution in [0.25, 0.3) is 0 Å². The molecule has 10 heteroatoms. The number of hydrogen-bond donors (Lipinski definition) is 8. The van der Waals surface area contributed by atoms with E-state index in [2.05, 4.69) is 13.2 Å². The quantitative estimate of drug-likeness (QED) is 0.237. The predicted octanol–water partition coefficient (Wildman–Crippen LogP) is -1.79. The summed E-state index contributed by atoms with van der Waals surface area (Å²) in [5.74, 6) is -1.87. The van der Waals surface area contributed by atoms with Crippen LogP contribution >= 0.6 is 0 Å². The molecule has 10 nitrogen and oxygen atoms in total. The average molecular weight is 370 g/mol. The predicted molar refractivity (Wildman–Crippen MR) is 89.8 cm³/mol. The number of carbonyl (C=O) groups is 2. The van der Waals surface area contributed by atoms with Crippen LogP contribution in [0, 0.1) is 5.41 Å². The van der Waals surface area contributed by atoms with Gasteiger partial charge in [-0.2, -0.15) is 0 Å². The summed E-state index contributed by atoms with van der Waals surface area (Å²) in [7, 11) is 0. The van der Waals surface area contributed by atoms with Crippen molar-refractivity contribution in [1.29, 1.82) is 0 Å². The van der Waals surface area contributed by atoms with Gasteiger partial charge < -0.3 is 40.9 Å². The lowest BCUT2D eigenvalue weighted by Crippen LogP contribution is -2.37. The van der Waals surface area contributed by atoms with Crippen LogP contribution in [0.3, 0.4) is 0 Å². The molecular weight excluding hydrogens is 340 g/mol. The number of carboxylic acids is 2. The zero-order valence-electron chi connectivity index (χ0n) is 14.6. The number of aliphatic carboxylic acids is 2. The lowest BCUT2D eigenvalue weighted by Gasteiger charge is -2.23. The van der Waals surface area contributed by atoms with E-state index in [0.29, 0.717) is 0 Å². The van der Waals surface area contributed by atoms with Crippen LogP contribution in [0.15, 0.2) is 24.3 Å². The van der Waals surface area contributed by atoms with Gasteiger partial charge in [0.25, 0.3) is 0 Å². The third-order valence-electron chi connectivity index (χ3n) is 2.17. The molecule has 0 aromatic rings. The molecule has 0 unspecified atom stereocenters. The van der Waals surface area contributed by atoms with E-state index in [-0.39, 0.29) is 24.4 Å². The minimum atomic E-state index is -1.11. The van der Waals surface area contributed by atoms with Crippen molar-refractivity contribution in [2.45, 2.75) is 13.8 Å². The second-order valence-corrected chi connectivity index (χ2v) is 4.75. The van der Waals surface area contributed by atoms with Gasteiger partial charge in [-0.15, -0.1) is 0 Å². The van der Waals surface area contributed by atoms with Gasteiger partial charge in [0.2, 0.25) is 0 Å². The van der Waals surface area contributed by atoms with Crippen LogP contribution in [0.5, 0.6) is 0 Å². The van der Waals surface area contributed by atoms with E-state index in [1.807, 2.05) is 0 Å². The van der Waals surface area contributed by atoms with E-state index in [0.717, 1.165) is 0 Å². The fourth-order valence-corrected chi connectivity index (χ4v) is 0.300. The van der Waals surface area contributed by atoms with E-state index in [9.17, 15) is 9.59 Å². The highest BCUT2D eigenvalue weighted by Crippen LogP contribution is 2.11. The van der Waals surface area contributed by atoms with Crippen LogP contribution in [0.2, 0.25) is 0 Å². The number of hydrogen-bond acceptors (Lipinski definition) is 8. The number of aliphatic hydroxyl groups is 6. The van der Waals surface area contributed by atoms with Crippen molar-refractivity contribution in [3.05, 3.63) is 24.3 Å². The maximum absolute atomic E-state index is 9.60. The van der Waals surface area contributed by atoms with Gasteiger partial charge in [-0.1, -0.05) is 13.2 Å². The summed E-state index contributed by atoms with van der Waals surface area (Å²) in [5, 5.41) is 65.0. The maximum Gasteiger partial charge on any atom is 0.330 e. The number of carboxylic acid groups (broad SMARTS) is 2. The maximum atomic E-state index is 9.60. The van der Waals surface area contributed by atoms with Crippen molar-refractivity contribution in [1.82, 2.24) is 0 Å². The molecule has 0 fully saturated rings. The van der Waals surface area contributed by atoms with Crippen molar-refractivity contribution < 1.29 is 50.4 Å². The van der Waals surface area contributed by atoms with Gasteiger partial charge in [0, 0.05) is 11.1 Å². The van der Waals surface area contributed by atoms with Crippen molar-refractivity contribution >= 4 is 11.9 Å². The summed E-state index contributed by atoms with van der Waals surface area (Å²) in [6.45, 7) is 7.33. The zero-order chi connectivity index (χ0) is 21.1. The summed E-state index contributed by atoms with van der Waals surface area (Å²) >= 11 is 0. The van der Waals surface area contributed by atoms with Crippen LogP contribution < -0.4 is 0 Å². The molecule has 0 aliphatic heterocycles. The molecular formula is C15H30O10. The fourth-order valence-electron chi connectivity index (χ4n) is 0.300. The molecule has 0 atom stereocenters. The number of rotatable bonds is 7. The lowest BCUT2D eigenvalue weighted by atomic mass is 9.93. The molecule has 0 spiro atoms. The Morgan fingerprint density at radius 1 is 0.680 bits per heavy atom. The summed E-state index contributed by atoms with van der Waals surface area (Å²) in [4.78, 5) is 19.2. The fraction of sp³-hybridized carbons (Fsp3) is 0.600.